The highest BCUT2D eigenvalue weighted by atomic mass is 32.3. The van der Waals surface area contributed by atoms with Crippen LogP contribution in [0.2, 0.25) is 0 Å². The summed E-state index contributed by atoms with van der Waals surface area (Å²) in [7, 11) is -2.39. The molecule has 1 saturated carbocycles. The monoisotopic (exact) mass is 485 g/mol. The minimum atomic E-state index is -2.39. The first-order valence-corrected chi connectivity index (χ1v) is 13.3. The third-order valence-electron chi connectivity index (χ3n) is 7.12. The summed E-state index contributed by atoms with van der Waals surface area (Å²) in [6.45, 7) is 1.25. The van der Waals surface area contributed by atoms with E-state index in [4.69, 9.17) is 4.74 Å². The normalized spacial score (nSPS) is 26.7. The van der Waals surface area contributed by atoms with Gasteiger partial charge in [0.2, 0.25) is 5.91 Å². The Kier molecular flexibility index (Phi) is 5.90. The van der Waals surface area contributed by atoms with E-state index in [0.29, 0.717) is 30.5 Å². The molecule has 2 amide bonds. The number of amides is 2. The first-order valence-electron chi connectivity index (χ1n) is 11.4. The number of piperidine rings is 1. The van der Waals surface area contributed by atoms with E-state index >= 15 is 0 Å². The Hall–Kier alpha value is -2.11. The van der Waals surface area contributed by atoms with Gasteiger partial charge >= 0.3 is 6.09 Å². The summed E-state index contributed by atoms with van der Waals surface area (Å²) in [6.07, 6.45) is 1.97. The van der Waals surface area contributed by atoms with E-state index in [2.05, 4.69) is 5.32 Å². The number of anilines is 2. The molecule has 182 valence electrons. The lowest BCUT2D eigenvalue weighted by atomic mass is 9.85. The van der Waals surface area contributed by atoms with Crippen molar-refractivity contribution in [3.63, 3.8) is 0 Å². The second-order valence-electron chi connectivity index (χ2n) is 9.61. The van der Waals surface area contributed by atoms with Crippen LogP contribution < -0.4 is 15.1 Å². The van der Waals surface area contributed by atoms with Gasteiger partial charge in [0.05, 0.1) is 18.8 Å². The van der Waals surface area contributed by atoms with Gasteiger partial charge in [0.1, 0.15) is 11.8 Å². The highest BCUT2D eigenvalue weighted by Crippen LogP contribution is 2.55. The zero-order valence-electron chi connectivity index (χ0n) is 18.2. The molecule has 1 atom stereocenters. The molecule has 1 unspecified atom stereocenters. The maximum Gasteiger partial charge on any atom is 0.414 e. The highest BCUT2D eigenvalue weighted by Gasteiger charge is 2.40. The second-order valence-corrected chi connectivity index (χ2v) is 11.9. The fraction of sp³-hybridized carbons (Fsp3) is 0.636. The second kappa shape index (κ2) is 8.59. The number of halogens is 2. The SMILES string of the molecule is O=C(NCC1CN(c2cc(F)c(N3CCC(C4CS(O)(O)C4)CC3)c(F)c2)C(=O)O1)C1CC1. The Labute approximate surface area is 192 Å². The van der Waals surface area contributed by atoms with Crippen molar-refractivity contribution in [1.29, 1.82) is 0 Å². The Morgan fingerprint density at radius 3 is 2.30 bits per heavy atom. The van der Waals surface area contributed by atoms with Crippen LogP contribution in [0.4, 0.5) is 25.0 Å². The van der Waals surface area contributed by atoms with Crippen LogP contribution >= 0.6 is 10.6 Å². The van der Waals surface area contributed by atoms with Crippen molar-refractivity contribution < 1.29 is 32.2 Å². The molecule has 5 rings (SSSR count). The topological polar surface area (TPSA) is 102 Å². The standard InChI is InChI=1S/C22H29F2N3O5S/c23-18-7-16(27-10-17(32-22(27)29)9-25-21(28)14-1-2-14)8-19(24)20(18)26-5-3-13(4-6-26)15-11-33(30,31)12-15/h7-8,13-15,17,30-31H,1-6,9-12H2,(H,25,28). The molecule has 33 heavy (non-hydrogen) atoms. The summed E-state index contributed by atoms with van der Waals surface area (Å²) in [5.41, 5.74) is -0.0137. The summed E-state index contributed by atoms with van der Waals surface area (Å²) in [5.74, 6) is 0.00492. The quantitative estimate of drug-likeness (QED) is 0.571. The number of carbonyl (C=O) groups is 2. The molecule has 0 aromatic heterocycles. The number of hydrogen-bond acceptors (Lipinski definition) is 6. The van der Waals surface area contributed by atoms with Crippen LogP contribution in [0.15, 0.2) is 12.1 Å². The summed E-state index contributed by atoms with van der Waals surface area (Å²) < 4.78 is 54.4. The first-order chi connectivity index (χ1) is 15.7. The largest absolute Gasteiger partial charge is 0.442 e. The average molecular weight is 486 g/mol. The van der Waals surface area contributed by atoms with E-state index in [1.807, 2.05) is 0 Å². The predicted molar refractivity (Wildman–Crippen MR) is 121 cm³/mol. The van der Waals surface area contributed by atoms with Gasteiger partial charge < -0.3 is 15.0 Å². The van der Waals surface area contributed by atoms with Gasteiger partial charge in [-0.15, -0.1) is 0 Å². The lowest BCUT2D eigenvalue weighted by Gasteiger charge is -2.51. The zero-order valence-corrected chi connectivity index (χ0v) is 19.0. The summed E-state index contributed by atoms with van der Waals surface area (Å²) in [4.78, 5) is 26.9. The summed E-state index contributed by atoms with van der Waals surface area (Å²) in [5, 5.41) is 2.75. The average Bonchev–Trinajstić information content (AvgIpc) is 3.53. The molecule has 4 aliphatic rings. The third-order valence-corrected chi connectivity index (χ3v) is 9.05. The van der Waals surface area contributed by atoms with Crippen molar-refractivity contribution in [3.05, 3.63) is 23.8 Å². The minimum Gasteiger partial charge on any atom is -0.442 e. The molecular weight excluding hydrogens is 456 g/mol. The molecule has 0 radical (unpaired) electrons. The molecule has 1 aromatic carbocycles. The third kappa shape index (κ3) is 4.76. The van der Waals surface area contributed by atoms with Crippen molar-refractivity contribution in [1.82, 2.24) is 5.32 Å². The number of ether oxygens (including phenoxy) is 1. The Morgan fingerprint density at radius 2 is 1.73 bits per heavy atom. The smallest absolute Gasteiger partial charge is 0.414 e. The molecule has 3 saturated heterocycles. The van der Waals surface area contributed by atoms with Crippen LogP contribution in [0.25, 0.3) is 0 Å². The molecule has 0 bridgehead atoms. The van der Waals surface area contributed by atoms with Crippen LogP contribution in [0.5, 0.6) is 0 Å². The number of hydrogen-bond donors (Lipinski definition) is 3. The van der Waals surface area contributed by atoms with Crippen molar-refractivity contribution in [2.45, 2.75) is 31.8 Å². The van der Waals surface area contributed by atoms with Crippen LogP contribution in [-0.2, 0) is 9.53 Å². The summed E-state index contributed by atoms with van der Waals surface area (Å²) in [6, 6.07) is 2.30. The molecule has 1 aromatic rings. The fourth-order valence-electron chi connectivity index (χ4n) is 5.06. The molecule has 11 heteroatoms. The number of nitrogens with zero attached hydrogens (tertiary/aromatic N) is 2. The predicted octanol–water partition coefficient (Wildman–Crippen LogP) is 3.41. The van der Waals surface area contributed by atoms with Crippen molar-refractivity contribution in [2.75, 3.05) is 47.5 Å². The highest BCUT2D eigenvalue weighted by molar-refractivity contribution is 8.25. The molecule has 1 aliphatic carbocycles. The first kappa shape index (κ1) is 22.7. The Bertz CT molecular complexity index is 921. The van der Waals surface area contributed by atoms with E-state index < -0.39 is 34.4 Å². The van der Waals surface area contributed by atoms with Gasteiger partial charge in [-0.25, -0.2) is 13.6 Å². The molecule has 8 nitrogen and oxygen atoms in total. The van der Waals surface area contributed by atoms with Gasteiger partial charge in [-0.3, -0.25) is 18.8 Å². The van der Waals surface area contributed by atoms with Crippen molar-refractivity contribution in [3.8, 4) is 0 Å². The lowest BCUT2D eigenvalue weighted by Crippen LogP contribution is -2.44. The fourth-order valence-corrected chi connectivity index (χ4v) is 6.87. The van der Waals surface area contributed by atoms with E-state index in [0.717, 1.165) is 37.8 Å². The minimum absolute atomic E-state index is 0.0479. The molecular formula is C22H29F2N3O5S. The van der Waals surface area contributed by atoms with Crippen LogP contribution in [0.1, 0.15) is 25.7 Å². The number of cyclic esters (lactones) is 1. The van der Waals surface area contributed by atoms with Gasteiger partial charge in [0.15, 0.2) is 11.6 Å². The zero-order chi connectivity index (χ0) is 23.3. The van der Waals surface area contributed by atoms with Gasteiger partial charge in [-0.05, 0) is 37.5 Å². The maximum atomic E-state index is 15.0. The molecule has 4 fully saturated rings. The molecule has 0 spiro atoms. The van der Waals surface area contributed by atoms with Gasteiger partial charge in [-0.2, -0.15) is 10.6 Å². The van der Waals surface area contributed by atoms with E-state index in [1.165, 1.54) is 4.90 Å². The molecule has 3 N–H and O–H groups in total. The number of rotatable bonds is 6. The number of carbonyl (C=O) groups excluding carboxylic acids is 2. The van der Waals surface area contributed by atoms with E-state index in [-0.39, 0.29) is 42.2 Å². The Morgan fingerprint density at radius 1 is 1.09 bits per heavy atom. The Balaban J connectivity index is 1.20. The van der Waals surface area contributed by atoms with Crippen molar-refractivity contribution >= 4 is 34.0 Å². The van der Waals surface area contributed by atoms with Gasteiger partial charge in [0, 0.05) is 42.6 Å². The molecule has 3 aliphatic heterocycles. The maximum absolute atomic E-state index is 15.0. The van der Waals surface area contributed by atoms with Crippen LogP contribution in [-0.4, -0.2) is 64.9 Å². The van der Waals surface area contributed by atoms with Crippen molar-refractivity contribution in [2.24, 2.45) is 17.8 Å². The van der Waals surface area contributed by atoms with Gasteiger partial charge in [-0.1, -0.05) is 0 Å². The van der Waals surface area contributed by atoms with E-state index in [1.54, 1.807) is 4.90 Å². The van der Waals surface area contributed by atoms with E-state index in [9.17, 15) is 27.5 Å². The summed E-state index contributed by atoms with van der Waals surface area (Å²) >= 11 is 0. The van der Waals surface area contributed by atoms with Crippen LogP contribution in [0.3, 0.4) is 0 Å². The van der Waals surface area contributed by atoms with Crippen LogP contribution in [0, 0.1) is 29.4 Å². The lowest BCUT2D eigenvalue weighted by molar-refractivity contribution is -0.122. The number of nitrogens with one attached hydrogen (secondary N) is 1. The van der Waals surface area contributed by atoms with Gasteiger partial charge in [0.25, 0.3) is 0 Å². The molecule has 3 heterocycles. The number of benzene rings is 1.